The number of aliphatic hydroxyl groups is 1. The lowest BCUT2D eigenvalue weighted by molar-refractivity contribution is -0.158. The fourth-order valence-electron chi connectivity index (χ4n) is 1.15. The van der Waals surface area contributed by atoms with Crippen LogP contribution in [0.5, 0.6) is 0 Å². The summed E-state index contributed by atoms with van der Waals surface area (Å²) < 4.78 is 4.85. The Morgan fingerprint density at radius 1 is 1.36 bits per heavy atom. The third kappa shape index (κ3) is 5.19. The molecule has 2 atom stereocenters. The number of aliphatic hydroxyl groups excluding tert-OH is 1. The van der Waals surface area contributed by atoms with Gasteiger partial charge in [0.1, 0.15) is 0 Å². The molecular formula is C10H21NO3. The van der Waals surface area contributed by atoms with Crippen LogP contribution in [0.4, 0.5) is 0 Å². The third-order valence-corrected chi connectivity index (χ3v) is 1.74. The van der Waals surface area contributed by atoms with Crippen molar-refractivity contribution in [3.8, 4) is 0 Å². The van der Waals surface area contributed by atoms with Crippen LogP contribution in [0.3, 0.4) is 0 Å². The lowest BCUT2D eigenvalue weighted by atomic mass is 10.0. The van der Waals surface area contributed by atoms with E-state index >= 15 is 0 Å². The highest BCUT2D eigenvalue weighted by molar-refractivity contribution is 5.75. The molecule has 4 nitrogen and oxygen atoms in total. The fourth-order valence-corrected chi connectivity index (χ4v) is 1.15. The van der Waals surface area contributed by atoms with Crippen molar-refractivity contribution >= 4 is 5.97 Å². The van der Waals surface area contributed by atoms with Crippen LogP contribution in [-0.2, 0) is 9.53 Å². The maximum Gasteiger partial charge on any atom is 0.336 e. The largest absolute Gasteiger partial charge is 0.461 e. The Balaban J connectivity index is 4.03. The molecule has 0 bridgehead atoms. The zero-order valence-corrected chi connectivity index (χ0v) is 9.36. The van der Waals surface area contributed by atoms with Crippen LogP contribution in [0.15, 0.2) is 0 Å². The molecule has 0 aromatic rings. The quantitative estimate of drug-likeness (QED) is 0.644. The van der Waals surface area contributed by atoms with Crippen LogP contribution in [0, 0.1) is 5.92 Å². The van der Waals surface area contributed by atoms with Gasteiger partial charge < -0.3 is 15.6 Å². The average molecular weight is 203 g/mol. The van der Waals surface area contributed by atoms with Crippen molar-refractivity contribution in [3.05, 3.63) is 0 Å². The summed E-state index contributed by atoms with van der Waals surface area (Å²) in [5.74, 6) is -0.278. The van der Waals surface area contributed by atoms with Crippen LogP contribution < -0.4 is 5.73 Å². The molecule has 0 radical (unpaired) electrons. The van der Waals surface area contributed by atoms with E-state index in [1.54, 1.807) is 13.8 Å². The molecule has 0 amide bonds. The third-order valence-electron chi connectivity index (χ3n) is 1.74. The first-order chi connectivity index (χ1) is 6.34. The van der Waals surface area contributed by atoms with Crippen molar-refractivity contribution in [1.29, 1.82) is 0 Å². The second-order valence-corrected chi connectivity index (χ2v) is 4.22. The number of hydrogen-bond acceptors (Lipinski definition) is 4. The molecule has 0 fully saturated rings. The van der Waals surface area contributed by atoms with Gasteiger partial charge in [-0.2, -0.15) is 0 Å². The number of ether oxygens (including phenoxy) is 1. The van der Waals surface area contributed by atoms with Crippen LogP contribution in [0.25, 0.3) is 0 Å². The van der Waals surface area contributed by atoms with E-state index in [2.05, 4.69) is 0 Å². The van der Waals surface area contributed by atoms with Crippen LogP contribution in [0.1, 0.15) is 34.1 Å². The van der Waals surface area contributed by atoms with E-state index in [4.69, 9.17) is 10.5 Å². The first-order valence-electron chi connectivity index (χ1n) is 4.98. The molecule has 0 heterocycles. The predicted molar refractivity (Wildman–Crippen MR) is 54.7 cm³/mol. The highest BCUT2D eigenvalue weighted by Crippen LogP contribution is 2.08. The van der Waals surface area contributed by atoms with Crippen LogP contribution in [0.2, 0.25) is 0 Å². The molecule has 0 saturated heterocycles. The molecule has 0 spiro atoms. The molecule has 0 aromatic carbocycles. The molecule has 3 N–H and O–H groups in total. The lowest BCUT2D eigenvalue weighted by Crippen LogP contribution is -2.42. The van der Waals surface area contributed by atoms with Crippen molar-refractivity contribution in [3.63, 3.8) is 0 Å². The first kappa shape index (κ1) is 13.4. The summed E-state index contributed by atoms with van der Waals surface area (Å²) in [5, 5.41) is 9.48. The summed E-state index contributed by atoms with van der Waals surface area (Å²) in [6, 6.07) is -0.541. The summed E-state index contributed by atoms with van der Waals surface area (Å²) in [7, 11) is 0. The number of carbonyl (C=O) groups is 1. The lowest BCUT2D eigenvalue weighted by Gasteiger charge is -2.20. The molecule has 84 valence electrons. The van der Waals surface area contributed by atoms with Gasteiger partial charge in [-0.25, -0.2) is 4.79 Å². The zero-order valence-electron chi connectivity index (χ0n) is 9.36. The number of carbonyl (C=O) groups excluding carboxylic acids is 1. The Bertz CT molecular complexity index is 180. The Morgan fingerprint density at radius 3 is 2.21 bits per heavy atom. The molecule has 2 unspecified atom stereocenters. The van der Waals surface area contributed by atoms with Gasteiger partial charge in [0.05, 0.1) is 6.10 Å². The smallest absolute Gasteiger partial charge is 0.336 e. The topological polar surface area (TPSA) is 72.5 Å². The molecule has 0 saturated carbocycles. The summed E-state index contributed by atoms with van der Waals surface area (Å²) >= 11 is 0. The molecular weight excluding hydrogens is 182 g/mol. The summed E-state index contributed by atoms with van der Waals surface area (Å²) in [6.07, 6.45) is -0.822. The van der Waals surface area contributed by atoms with E-state index in [-0.39, 0.29) is 6.10 Å². The van der Waals surface area contributed by atoms with Crippen molar-refractivity contribution < 1.29 is 14.6 Å². The zero-order chi connectivity index (χ0) is 11.3. The van der Waals surface area contributed by atoms with Gasteiger partial charge in [0.15, 0.2) is 6.10 Å². The molecule has 0 aliphatic rings. The fraction of sp³-hybridized carbons (Fsp3) is 0.900. The molecule has 0 aromatic heterocycles. The van der Waals surface area contributed by atoms with Gasteiger partial charge in [-0.05, 0) is 26.2 Å². The van der Waals surface area contributed by atoms with E-state index < -0.39 is 18.1 Å². The van der Waals surface area contributed by atoms with Crippen LogP contribution >= 0.6 is 0 Å². The van der Waals surface area contributed by atoms with Gasteiger partial charge in [-0.15, -0.1) is 0 Å². The normalized spacial score (nSPS) is 15.7. The van der Waals surface area contributed by atoms with E-state index in [0.717, 1.165) is 0 Å². The van der Waals surface area contributed by atoms with E-state index in [0.29, 0.717) is 12.3 Å². The van der Waals surface area contributed by atoms with Gasteiger partial charge >= 0.3 is 5.97 Å². The standard InChI is InChI=1S/C10H21NO3/c1-6(2)5-8(11)9(12)10(13)14-7(3)4/h6-9,12H,5,11H2,1-4H3. The summed E-state index contributed by atoms with van der Waals surface area (Å²) in [6.45, 7) is 7.44. The number of esters is 1. The highest BCUT2D eigenvalue weighted by atomic mass is 16.6. The monoisotopic (exact) mass is 203 g/mol. The van der Waals surface area contributed by atoms with E-state index in [9.17, 15) is 9.90 Å². The second kappa shape index (κ2) is 5.98. The second-order valence-electron chi connectivity index (χ2n) is 4.22. The minimum absolute atomic E-state index is 0.219. The molecule has 4 heteroatoms. The molecule has 0 rings (SSSR count). The summed E-state index contributed by atoms with van der Waals surface area (Å²) in [4.78, 5) is 11.2. The van der Waals surface area contributed by atoms with Gasteiger partial charge in [0, 0.05) is 6.04 Å². The Hall–Kier alpha value is -0.610. The van der Waals surface area contributed by atoms with Crippen molar-refractivity contribution in [2.24, 2.45) is 11.7 Å². The van der Waals surface area contributed by atoms with Crippen molar-refractivity contribution in [2.45, 2.75) is 52.4 Å². The Labute approximate surface area is 85.4 Å². The van der Waals surface area contributed by atoms with Crippen LogP contribution in [-0.4, -0.2) is 29.3 Å². The summed E-state index contributed by atoms with van der Waals surface area (Å²) in [5.41, 5.74) is 5.64. The van der Waals surface area contributed by atoms with Crippen molar-refractivity contribution in [2.75, 3.05) is 0 Å². The predicted octanol–water partition coefficient (Wildman–Crippen LogP) is 0.672. The van der Waals surface area contributed by atoms with Crippen molar-refractivity contribution in [1.82, 2.24) is 0 Å². The molecule has 0 aliphatic carbocycles. The Kier molecular flexibility index (Phi) is 5.72. The SMILES string of the molecule is CC(C)CC(N)C(O)C(=O)OC(C)C. The average Bonchev–Trinajstić information content (AvgIpc) is 2.00. The number of hydrogen-bond donors (Lipinski definition) is 2. The Morgan fingerprint density at radius 2 is 1.86 bits per heavy atom. The number of rotatable bonds is 5. The highest BCUT2D eigenvalue weighted by Gasteiger charge is 2.25. The molecule has 14 heavy (non-hydrogen) atoms. The minimum Gasteiger partial charge on any atom is -0.461 e. The maximum atomic E-state index is 11.2. The molecule has 0 aliphatic heterocycles. The minimum atomic E-state index is -1.21. The maximum absolute atomic E-state index is 11.2. The van der Waals surface area contributed by atoms with E-state index in [1.807, 2.05) is 13.8 Å². The first-order valence-corrected chi connectivity index (χ1v) is 4.98. The van der Waals surface area contributed by atoms with Gasteiger partial charge in [0.2, 0.25) is 0 Å². The van der Waals surface area contributed by atoms with Gasteiger partial charge in [-0.3, -0.25) is 0 Å². The van der Waals surface area contributed by atoms with Gasteiger partial charge in [-0.1, -0.05) is 13.8 Å². The number of nitrogens with two attached hydrogens (primary N) is 1. The van der Waals surface area contributed by atoms with E-state index in [1.165, 1.54) is 0 Å². The van der Waals surface area contributed by atoms with Gasteiger partial charge in [0.25, 0.3) is 0 Å².